The summed E-state index contributed by atoms with van der Waals surface area (Å²) in [6, 6.07) is 2.93. The van der Waals surface area contributed by atoms with Crippen LogP contribution in [0.4, 0.5) is 0 Å². The molecule has 0 spiro atoms. The van der Waals surface area contributed by atoms with Crippen molar-refractivity contribution in [3.63, 3.8) is 0 Å². The Labute approximate surface area is 114 Å². The fourth-order valence-corrected chi connectivity index (χ4v) is 3.84. The van der Waals surface area contributed by atoms with E-state index in [0.29, 0.717) is 21.3 Å². The topological polar surface area (TPSA) is 60.4 Å². The highest BCUT2D eigenvalue weighted by atomic mass is 127. The minimum Gasteiger partial charge on any atom is -0.462 e. The van der Waals surface area contributed by atoms with E-state index in [4.69, 9.17) is 4.74 Å². The van der Waals surface area contributed by atoms with E-state index in [1.807, 2.05) is 22.6 Å². The first-order chi connectivity index (χ1) is 7.79. The Morgan fingerprint density at radius 3 is 2.47 bits per heavy atom. The zero-order valence-corrected chi connectivity index (χ0v) is 12.8. The van der Waals surface area contributed by atoms with Gasteiger partial charge < -0.3 is 4.74 Å². The average Bonchev–Trinajstić information content (AvgIpc) is 2.20. The maximum atomic E-state index is 11.6. The first-order valence-electron chi connectivity index (χ1n) is 4.95. The molecule has 1 aromatic rings. The third kappa shape index (κ3) is 3.19. The lowest BCUT2D eigenvalue weighted by Crippen LogP contribution is -2.10. The van der Waals surface area contributed by atoms with Gasteiger partial charge in [0.15, 0.2) is 9.84 Å². The molecule has 0 aliphatic heterocycles. The monoisotopic (exact) mass is 368 g/mol. The van der Waals surface area contributed by atoms with Gasteiger partial charge in [0.05, 0.1) is 17.1 Å². The van der Waals surface area contributed by atoms with Crippen molar-refractivity contribution in [3.05, 3.63) is 26.8 Å². The molecule has 0 saturated carbocycles. The van der Waals surface area contributed by atoms with Gasteiger partial charge in [-0.1, -0.05) is 0 Å². The molecular weight excluding hydrogens is 355 g/mol. The standard InChI is InChI=1S/C11H13IO4S/c1-4-16-11(13)8-5-6-9(17(3,14)15)10(12)7(8)2/h5-6H,4H2,1-3H3. The van der Waals surface area contributed by atoms with E-state index in [2.05, 4.69) is 0 Å². The second-order valence-corrected chi connectivity index (χ2v) is 6.61. The van der Waals surface area contributed by atoms with Gasteiger partial charge in [0.25, 0.3) is 0 Å². The van der Waals surface area contributed by atoms with Crippen LogP contribution in [0.5, 0.6) is 0 Å². The molecule has 1 aromatic carbocycles. The van der Waals surface area contributed by atoms with Crippen LogP contribution in [0.1, 0.15) is 22.8 Å². The largest absolute Gasteiger partial charge is 0.462 e. The van der Waals surface area contributed by atoms with Crippen molar-refractivity contribution in [2.75, 3.05) is 12.9 Å². The quantitative estimate of drug-likeness (QED) is 0.606. The summed E-state index contributed by atoms with van der Waals surface area (Å²) < 4.78 is 28.4. The molecule has 0 heterocycles. The fraction of sp³-hybridized carbons (Fsp3) is 0.364. The molecule has 6 heteroatoms. The summed E-state index contributed by atoms with van der Waals surface area (Å²) in [5, 5.41) is 0. The molecule has 17 heavy (non-hydrogen) atoms. The fourth-order valence-electron chi connectivity index (χ4n) is 1.38. The van der Waals surface area contributed by atoms with E-state index in [-0.39, 0.29) is 4.90 Å². The summed E-state index contributed by atoms with van der Waals surface area (Å²) in [6.45, 7) is 3.73. The van der Waals surface area contributed by atoms with Gasteiger partial charge in [-0.2, -0.15) is 0 Å². The zero-order chi connectivity index (χ0) is 13.2. The summed E-state index contributed by atoms with van der Waals surface area (Å²) in [4.78, 5) is 11.8. The average molecular weight is 368 g/mol. The van der Waals surface area contributed by atoms with Crippen molar-refractivity contribution in [2.24, 2.45) is 0 Å². The molecule has 0 fully saturated rings. The number of rotatable bonds is 3. The van der Waals surface area contributed by atoms with Crippen LogP contribution in [0.25, 0.3) is 0 Å². The SMILES string of the molecule is CCOC(=O)c1ccc(S(C)(=O)=O)c(I)c1C. The Hall–Kier alpha value is -0.630. The maximum absolute atomic E-state index is 11.6. The van der Waals surface area contributed by atoms with Crippen LogP contribution in [0, 0.1) is 10.5 Å². The van der Waals surface area contributed by atoms with Crippen molar-refractivity contribution in [3.8, 4) is 0 Å². The van der Waals surface area contributed by atoms with Crippen LogP contribution in [-0.2, 0) is 14.6 Å². The number of carbonyl (C=O) groups excluding carboxylic acids is 1. The molecule has 94 valence electrons. The first-order valence-corrected chi connectivity index (χ1v) is 7.92. The number of hydrogen-bond donors (Lipinski definition) is 0. The number of ether oxygens (including phenoxy) is 1. The molecule has 0 amide bonds. The Balaban J connectivity index is 3.34. The predicted molar refractivity (Wildman–Crippen MR) is 73.0 cm³/mol. The van der Waals surface area contributed by atoms with Gasteiger partial charge in [0.1, 0.15) is 0 Å². The van der Waals surface area contributed by atoms with Gasteiger partial charge >= 0.3 is 5.97 Å². The van der Waals surface area contributed by atoms with Crippen LogP contribution in [0.15, 0.2) is 17.0 Å². The smallest absolute Gasteiger partial charge is 0.338 e. The molecule has 0 N–H and O–H groups in total. The zero-order valence-electron chi connectivity index (χ0n) is 9.78. The number of esters is 1. The first kappa shape index (κ1) is 14.4. The Kier molecular flexibility index (Phi) is 4.54. The molecule has 4 nitrogen and oxygen atoms in total. The minimum atomic E-state index is -3.27. The Morgan fingerprint density at radius 1 is 1.41 bits per heavy atom. The van der Waals surface area contributed by atoms with Crippen molar-refractivity contribution < 1.29 is 17.9 Å². The molecule has 0 saturated heterocycles. The van der Waals surface area contributed by atoms with E-state index in [9.17, 15) is 13.2 Å². The molecule has 0 aliphatic carbocycles. The van der Waals surface area contributed by atoms with Crippen LogP contribution in [0.2, 0.25) is 0 Å². The molecule has 0 unspecified atom stereocenters. The van der Waals surface area contributed by atoms with E-state index in [0.717, 1.165) is 6.26 Å². The highest BCUT2D eigenvalue weighted by molar-refractivity contribution is 14.1. The maximum Gasteiger partial charge on any atom is 0.338 e. The number of halogens is 1. The summed E-state index contributed by atoms with van der Waals surface area (Å²) >= 11 is 1.93. The Morgan fingerprint density at radius 2 is 2.00 bits per heavy atom. The van der Waals surface area contributed by atoms with Crippen LogP contribution < -0.4 is 0 Å². The van der Waals surface area contributed by atoms with Crippen molar-refractivity contribution in [1.82, 2.24) is 0 Å². The third-order valence-electron chi connectivity index (χ3n) is 2.25. The second-order valence-electron chi connectivity index (χ2n) is 3.54. The van der Waals surface area contributed by atoms with Crippen molar-refractivity contribution in [1.29, 1.82) is 0 Å². The lowest BCUT2D eigenvalue weighted by molar-refractivity contribution is 0.0525. The van der Waals surface area contributed by atoms with Gasteiger partial charge in [0, 0.05) is 9.83 Å². The van der Waals surface area contributed by atoms with E-state index >= 15 is 0 Å². The molecule has 1 rings (SSSR count). The van der Waals surface area contributed by atoms with Crippen LogP contribution in [-0.4, -0.2) is 27.2 Å². The normalized spacial score (nSPS) is 11.3. The number of hydrogen-bond acceptors (Lipinski definition) is 4. The second kappa shape index (κ2) is 5.34. The lowest BCUT2D eigenvalue weighted by Gasteiger charge is -2.10. The number of sulfone groups is 1. The molecule has 0 atom stereocenters. The van der Waals surface area contributed by atoms with E-state index in [1.165, 1.54) is 12.1 Å². The van der Waals surface area contributed by atoms with Crippen LogP contribution >= 0.6 is 22.6 Å². The van der Waals surface area contributed by atoms with Gasteiger partial charge in [-0.3, -0.25) is 0 Å². The summed E-state index contributed by atoms with van der Waals surface area (Å²) in [6.07, 6.45) is 1.15. The molecular formula is C11H13IO4S. The summed E-state index contributed by atoms with van der Waals surface area (Å²) in [5.74, 6) is -0.428. The van der Waals surface area contributed by atoms with E-state index < -0.39 is 15.8 Å². The van der Waals surface area contributed by atoms with Crippen molar-refractivity contribution >= 4 is 38.4 Å². The Bertz CT molecular complexity index is 549. The molecule has 0 aromatic heterocycles. The van der Waals surface area contributed by atoms with Gasteiger partial charge in [0.2, 0.25) is 0 Å². The number of benzene rings is 1. The molecule has 0 radical (unpaired) electrons. The highest BCUT2D eigenvalue weighted by Crippen LogP contribution is 2.24. The molecule has 0 aliphatic rings. The van der Waals surface area contributed by atoms with Crippen molar-refractivity contribution in [2.45, 2.75) is 18.7 Å². The predicted octanol–water partition coefficient (Wildman–Crippen LogP) is 2.18. The number of carbonyl (C=O) groups is 1. The molecule has 0 bridgehead atoms. The van der Waals surface area contributed by atoms with Gasteiger partial charge in [-0.15, -0.1) is 0 Å². The van der Waals surface area contributed by atoms with Gasteiger partial charge in [-0.05, 0) is 54.1 Å². The minimum absolute atomic E-state index is 0.239. The van der Waals surface area contributed by atoms with Gasteiger partial charge in [-0.25, -0.2) is 13.2 Å². The summed E-state index contributed by atoms with van der Waals surface area (Å²) in [7, 11) is -3.27. The van der Waals surface area contributed by atoms with Crippen LogP contribution in [0.3, 0.4) is 0 Å². The highest BCUT2D eigenvalue weighted by Gasteiger charge is 2.19. The van der Waals surface area contributed by atoms with E-state index in [1.54, 1.807) is 13.8 Å². The summed E-state index contributed by atoms with van der Waals surface area (Å²) in [5.41, 5.74) is 1.04. The lowest BCUT2D eigenvalue weighted by atomic mass is 10.1. The third-order valence-corrected chi connectivity index (χ3v) is 5.14.